The van der Waals surface area contributed by atoms with Gasteiger partial charge in [0.05, 0.1) is 11.2 Å². The van der Waals surface area contributed by atoms with E-state index in [-0.39, 0.29) is 23.0 Å². The molecular formula is C18H29F3O. The highest BCUT2D eigenvalue weighted by atomic mass is 19.4. The number of hydrogen-bond acceptors (Lipinski definition) is 1. The minimum Gasteiger partial charge on any atom is -0.368 e. The molecule has 1 heterocycles. The lowest BCUT2D eigenvalue weighted by molar-refractivity contribution is -0.200. The van der Waals surface area contributed by atoms with Crippen LogP contribution in [0, 0.1) is 17.3 Å². The molecule has 0 radical (unpaired) electrons. The van der Waals surface area contributed by atoms with E-state index < -0.39 is 12.6 Å². The quantitative estimate of drug-likeness (QED) is 0.632. The fourth-order valence-corrected chi connectivity index (χ4v) is 5.71. The number of ether oxygens (including phenoxy) is 1. The summed E-state index contributed by atoms with van der Waals surface area (Å²) in [5, 5.41) is 0. The normalized spacial score (nSPS) is 43.9. The van der Waals surface area contributed by atoms with E-state index in [1.807, 2.05) is 0 Å². The van der Waals surface area contributed by atoms with Crippen molar-refractivity contribution >= 4 is 0 Å². The Bertz CT molecular complexity index is 431. The largest absolute Gasteiger partial charge is 0.389 e. The first-order valence-electron chi connectivity index (χ1n) is 8.85. The minimum absolute atomic E-state index is 0.114. The molecule has 3 aliphatic rings. The zero-order chi connectivity index (χ0) is 16.2. The first-order chi connectivity index (χ1) is 10.1. The van der Waals surface area contributed by atoms with Crippen molar-refractivity contribution in [2.75, 3.05) is 0 Å². The van der Waals surface area contributed by atoms with Gasteiger partial charge in [-0.15, -0.1) is 0 Å². The van der Waals surface area contributed by atoms with Gasteiger partial charge in [-0.3, -0.25) is 0 Å². The summed E-state index contributed by atoms with van der Waals surface area (Å²) in [6, 6.07) is 0. The summed E-state index contributed by atoms with van der Waals surface area (Å²) in [5.74, 6) is 0.877. The smallest absolute Gasteiger partial charge is 0.368 e. The molecular weight excluding hydrogens is 289 g/mol. The molecule has 0 N–H and O–H groups in total. The lowest BCUT2D eigenvalue weighted by atomic mass is 9.52. The molecule has 2 bridgehead atoms. The maximum atomic E-state index is 12.5. The van der Waals surface area contributed by atoms with Gasteiger partial charge in [-0.05, 0) is 76.0 Å². The standard InChI is InChI=1S/C18H29F3O/c1-15(2)14-8-11-16(3)9-4-6-13(17(16,12-14)22-15)7-5-10-18(19,20)21/h13-14H,4-12H2,1-3H3. The van der Waals surface area contributed by atoms with Crippen LogP contribution in [-0.2, 0) is 4.74 Å². The second kappa shape index (κ2) is 5.12. The molecule has 0 aromatic carbocycles. The number of halogens is 3. The molecule has 0 amide bonds. The van der Waals surface area contributed by atoms with E-state index in [1.165, 1.54) is 19.3 Å². The van der Waals surface area contributed by atoms with Crippen molar-refractivity contribution in [1.82, 2.24) is 0 Å². The summed E-state index contributed by atoms with van der Waals surface area (Å²) in [5.41, 5.74) is -0.112. The molecule has 1 nitrogen and oxygen atoms in total. The van der Waals surface area contributed by atoms with Crippen molar-refractivity contribution in [2.45, 2.75) is 95.9 Å². The molecule has 1 saturated heterocycles. The van der Waals surface area contributed by atoms with Gasteiger partial charge in [-0.25, -0.2) is 0 Å². The molecule has 22 heavy (non-hydrogen) atoms. The van der Waals surface area contributed by atoms with Crippen LogP contribution < -0.4 is 0 Å². The van der Waals surface area contributed by atoms with Crippen molar-refractivity contribution in [3.63, 3.8) is 0 Å². The van der Waals surface area contributed by atoms with Gasteiger partial charge in [0.1, 0.15) is 0 Å². The Hall–Kier alpha value is -0.250. The third kappa shape index (κ3) is 2.59. The monoisotopic (exact) mass is 318 g/mol. The SMILES string of the molecule is CC1(C)OC23CC1CCC2(C)CCCC3CCCC(F)(F)F. The first-order valence-corrected chi connectivity index (χ1v) is 8.85. The highest BCUT2D eigenvalue weighted by Crippen LogP contribution is 2.66. The molecule has 0 aromatic rings. The van der Waals surface area contributed by atoms with Crippen LogP contribution in [0.25, 0.3) is 0 Å². The van der Waals surface area contributed by atoms with Gasteiger partial charge in [0.25, 0.3) is 0 Å². The van der Waals surface area contributed by atoms with Gasteiger partial charge in [0, 0.05) is 6.42 Å². The molecule has 3 rings (SSSR count). The Morgan fingerprint density at radius 1 is 1.09 bits per heavy atom. The Morgan fingerprint density at radius 3 is 2.50 bits per heavy atom. The van der Waals surface area contributed by atoms with E-state index in [4.69, 9.17) is 4.74 Å². The fraction of sp³-hybridized carbons (Fsp3) is 1.00. The van der Waals surface area contributed by atoms with Crippen molar-refractivity contribution < 1.29 is 17.9 Å². The average molecular weight is 318 g/mol. The molecule has 4 unspecified atom stereocenters. The van der Waals surface area contributed by atoms with Crippen LogP contribution in [0.5, 0.6) is 0 Å². The third-order valence-electron chi connectivity index (χ3n) is 7.00. The van der Waals surface area contributed by atoms with E-state index in [1.54, 1.807) is 0 Å². The van der Waals surface area contributed by atoms with Gasteiger partial charge >= 0.3 is 6.18 Å². The number of rotatable bonds is 3. The van der Waals surface area contributed by atoms with E-state index in [2.05, 4.69) is 20.8 Å². The predicted molar refractivity (Wildman–Crippen MR) is 80.6 cm³/mol. The van der Waals surface area contributed by atoms with Gasteiger partial charge in [0.2, 0.25) is 0 Å². The van der Waals surface area contributed by atoms with E-state index in [0.29, 0.717) is 18.3 Å². The summed E-state index contributed by atoms with van der Waals surface area (Å²) in [6.45, 7) is 6.69. The first kappa shape index (κ1) is 16.6. The lowest BCUT2D eigenvalue weighted by Crippen LogP contribution is -2.56. The zero-order valence-corrected chi connectivity index (χ0v) is 14.1. The molecule has 4 atom stereocenters. The molecule has 4 heteroatoms. The second-order valence-corrected chi connectivity index (χ2v) is 8.69. The Morgan fingerprint density at radius 2 is 1.82 bits per heavy atom. The minimum atomic E-state index is -4.03. The van der Waals surface area contributed by atoms with Crippen LogP contribution in [0.4, 0.5) is 13.2 Å². The van der Waals surface area contributed by atoms with Crippen LogP contribution in [0.3, 0.4) is 0 Å². The Kier molecular flexibility index (Phi) is 3.87. The van der Waals surface area contributed by atoms with E-state index >= 15 is 0 Å². The molecule has 1 aliphatic heterocycles. The summed E-state index contributed by atoms with van der Waals surface area (Å²) >= 11 is 0. The maximum absolute atomic E-state index is 12.5. The molecule has 0 aromatic heterocycles. The van der Waals surface area contributed by atoms with Crippen molar-refractivity contribution in [3.8, 4) is 0 Å². The van der Waals surface area contributed by atoms with Gasteiger partial charge in [0.15, 0.2) is 0 Å². The molecule has 2 aliphatic carbocycles. The topological polar surface area (TPSA) is 9.23 Å². The average Bonchev–Trinajstić information content (AvgIpc) is 2.60. The number of hydrogen-bond donors (Lipinski definition) is 0. The highest BCUT2D eigenvalue weighted by molar-refractivity contribution is 5.15. The molecule has 1 spiro atoms. The van der Waals surface area contributed by atoms with Gasteiger partial charge in [-0.2, -0.15) is 13.2 Å². The van der Waals surface area contributed by atoms with Crippen molar-refractivity contribution in [2.24, 2.45) is 17.3 Å². The third-order valence-corrected chi connectivity index (χ3v) is 7.00. The van der Waals surface area contributed by atoms with Crippen molar-refractivity contribution in [1.29, 1.82) is 0 Å². The van der Waals surface area contributed by atoms with Gasteiger partial charge in [-0.1, -0.05) is 13.3 Å². The van der Waals surface area contributed by atoms with E-state index in [0.717, 1.165) is 19.3 Å². The molecule has 128 valence electrons. The Labute approximate surface area is 132 Å². The number of fused-ring (bicyclic) bond motifs is 1. The lowest BCUT2D eigenvalue weighted by Gasteiger charge is -2.56. The van der Waals surface area contributed by atoms with Crippen LogP contribution >= 0.6 is 0 Å². The predicted octanol–water partition coefficient (Wildman–Crippen LogP) is 5.87. The summed E-state index contributed by atoms with van der Waals surface area (Å²) in [4.78, 5) is 0. The van der Waals surface area contributed by atoms with Crippen LogP contribution in [-0.4, -0.2) is 17.4 Å². The summed E-state index contributed by atoms with van der Waals surface area (Å²) < 4.78 is 44.2. The highest BCUT2D eigenvalue weighted by Gasteiger charge is 2.65. The number of alkyl halides is 3. The zero-order valence-electron chi connectivity index (χ0n) is 14.1. The summed E-state index contributed by atoms with van der Waals surface area (Å²) in [6.07, 6.45) is 3.04. The van der Waals surface area contributed by atoms with Crippen LogP contribution in [0.2, 0.25) is 0 Å². The second-order valence-electron chi connectivity index (χ2n) is 8.69. The summed E-state index contributed by atoms with van der Waals surface area (Å²) in [7, 11) is 0. The molecule has 3 fully saturated rings. The van der Waals surface area contributed by atoms with Crippen molar-refractivity contribution in [3.05, 3.63) is 0 Å². The Balaban J connectivity index is 1.79. The fourth-order valence-electron chi connectivity index (χ4n) is 5.71. The van der Waals surface area contributed by atoms with Crippen LogP contribution in [0.15, 0.2) is 0 Å². The van der Waals surface area contributed by atoms with Gasteiger partial charge < -0.3 is 4.74 Å². The maximum Gasteiger partial charge on any atom is 0.389 e. The molecule has 2 saturated carbocycles. The van der Waals surface area contributed by atoms with Crippen LogP contribution in [0.1, 0.15) is 78.6 Å². The van der Waals surface area contributed by atoms with E-state index in [9.17, 15) is 13.2 Å².